The summed E-state index contributed by atoms with van der Waals surface area (Å²) in [5, 5.41) is 10.00. The third kappa shape index (κ3) is 2.59. The van der Waals surface area contributed by atoms with Crippen LogP contribution in [-0.4, -0.2) is 17.6 Å². The Hall–Kier alpha value is -1.72. The lowest BCUT2D eigenvalue weighted by atomic mass is 9.98. The van der Waals surface area contributed by atoms with Crippen LogP contribution in [0, 0.1) is 5.82 Å². The van der Waals surface area contributed by atoms with Crippen LogP contribution in [0.1, 0.15) is 28.4 Å². The average molecular weight is 350 g/mol. The number of aliphatic hydroxyl groups is 1. The summed E-state index contributed by atoms with van der Waals surface area (Å²) in [5.41, 5.74) is 1.57. The maximum absolute atomic E-state index is 13.4. The molecule has 1 amide bonds. The molecule has 0 aromatic heterocycles. The Morgan fingerprint density at radius 1 is 1.29 bits per heavy atom. The van der Waals surface area contributed by atoms with Crippen LogP contribution in [0.3, 0.4) is 0 Å². The molecule has 108 valence electrons. The summed E-state index contributed by atoms with van der Waals surface area (Å²) < 4.78 is 14.1. The van der Waals surface area contributed by atoms with Gasteiger partial charge >= 0.3 is 0 Å². The number of benzene rings is 2. The first-order chi connectivity index (χ1) is 10.1. The van der Waals surface area contributed by atoms with Gasteiger partial charge in [0, 0.05) is 22.3 Å². The predicted octanol–water partition coefficient (Wildman–Crippen LogP) is 3.67. The van der Waals surface area contributed by atoms with Crippen molar-refractivity contribution in [3.8, 4) is 0 Å². The molecule has 21 heavy (non-hydrogen) atoms. The van der Waals surface area contributed by atoms with Crippen molar-refractivity contribution in [1.82, 2.24) is 0 Å². The lowest BCUT2D eigenvalue weighted by molar-refractivity contribution is 0.0969. The minimum Gasteiger partial charge on any atom is -0.388 e. The number of halogens is 2. The monoisotopic (exact) mass is 349 g/mol. The van der Waals surface area contributed by atoms with E-state index in [4.69, 9.17) is 0 Å². The molecule has 0 spiro atoms. The second kappa shape index (κ2) is 5.58. The number of carbonyl (C=O) groups excluding carboxylic acids is 1. The smallest absolute Gasteiger partial charge is 0.259 e. The van der Waals surface area contributed by atoms with Crippen molar-refractivity contribution >= 4 is 27.5 Å². The fraction of sp³-hybridized carbons (Fsp3) is 0.188. The summed E-state index contributed by atoms with van der Waals surface area (Å²) in [4.78, 5) is 14.3. The molecular weight excluding hydrogens is 337 g/mol. The highest BCUT2D eigenvalue weighted by Gasteiger charge is 2.29. The Morgan fingerprint density at radius 2 is 2.05 bits per heavy atom. The summed E-state index contributed by atoms with van der Waals surface area (Å²) in [6, 6.07) is 11.3. The van der Waals surface area contributed by atoms with E-state index in [-0.39, 0.29) is 5.91 Å². The minimum absolute atomic E-state index is 0.165. The second-order valence-electron chi connectivity index (χ2n) is 4.94. The molecule has 0 saturated carbocycles. The van der Waals surface area contributed by atoms with Gasteiger partial charge in [-0.15, -0.1) is 0 Å². The Balaban J connectivity index is 2.03. The number of carbonyl (C=O) groups is 1. The van der Waals surface area contributed by atoms with Gasteiger partial charge in [-0.25, -0.2) is 4.39 Å². The number of aliphatic hydroxyl groups excluding tert-OH is 1. The fourth-order valence-corrected chi connectivity index (χ4v) is 3.01. The molecule has 3 rings (SSSR count). The van der Waals surface area contributed by atoms with Crippen LogP contribution in [0.15, 0.2) is 46.9 Å². The van der Waals surface area contributed by atoms with Crippen LogP contribution in [0.4, 0.5) is 10.1 Å². The molecule has 1 aliphatic heterocycles. The first-order valence-electron chi connectivity index (χ1n) is 6.62. The van der Waals surface area contributed by atoms with Crippen molar-refractivity contribution in [1.29, 1.82) is 0 Å². The standard InChI is InChI=1S/C16H13BrFNO2/c17-13-4-2-1-3-11(13)16(21)19-8-7-15(20)12-9-10(18)5-6-14(12)19/h1-6,9,15,20H,7-8H2. The molecule has 1 atom stereocenters. The molecule has 1 unspecified atom stereocenters. The third-order valence-electron chi connectivity index (χ3n) is 3.61. The van der Waals surface area contributed by atoms with E-state index in [0.717, 1.165) is 0 Å². The fourth-order valence-electron chi connectivity index (χ4n) is 2.56. The zero-order valence-electron chi connectivity index (χ0n) is 11.1. The molecule has 0 aliphatic carbocycles. The van der Waals surface area contributed by atoms with E-state index in [1.165, 1.54) is 12.1 Å². The number of nitrogens with zero attached hydrogens (tertiary/aromatic N) is 1. The summed E-state index contributed by atoms with van der Waals surface area (Å²) >= 11 is 3.37. The van der Waals surface area contributed by atoms with Gasteiger partial charge in [0.1, 0.15) is 5.82 Å². The van der Waals surface area contributed by atoms with Crippen molar-refractivity contribution in [2.75, 3.05) is 11.4 Å². The van der Waals surface area contributed by atoms with E-state index in [0.29, 0.717) is 34.3 Å². The Labute approximate surface area is 130 Å². The van der Waals surface area contributed by atoms with Crippen LogP contribution in [0.5, 0.6) is 0 Å². The molecule has 0 fully saturated rings. The van der Waals surface area contributed by atoms with Gasteiger partial charge < -0.3 is 10.0 Å². The lowest BCUT2D eigenvalue weighted by Gasteiger charge is -2.32. The van der Waals surface area contributed by atoms with Crippen molar-refractivity contribution in [3.05, 3.63) is 63.9 Å². The molecule has 1 heterocycles. The number of fused-ring (bicyclic) bond motifs is 1. The van der Waals surface area contributed by atoms with Gasteiger partial charge in [0.05, 0.1) is 11.7 Å². The Morgan fingerprint density at radius 3 is 2.81 bits per heavy atom. The van der Waals surface area contributed by atoms with Gasteiger partial charge in [0.25, 0.3) is 5.91 Å². The lowest BCUT2D eigenvalue weighted by Crippen LogP contribution is -2.37. The van der Waals surface area contributed by atoms with Crippen LogP contribution < -0.4 is 4.90 Å². The molecule has 0 radical (unpaired) electrons. The third-order valence-corrected chi connectivity index (χ3v) is 4.31. The van der Waals surface area contributed by atoms with Crippen LogP contribution >= 0.6 is 15.9 Å². The number of hydrogen-bond donors (Lipinski definition) is 1. The van der Waals surface area contributed by atoms with E-state index in [1.807, 2.05) is 6.07 Å². The van der Waals surface area contributed by atoms with Gasteiger partial charge in [-0.1, -0.05) is 12.1 Å². The first-order valence-corrected chi connectivity index (χ1v) is 7.41. The quantitative estimate of drug-likeness (QED) is 0.853. The number of anilines is 1. The molecule has 3 nitrogen and oxygen atoms in total. The largest absolute Gasteiger partial charge is 0.388 e. The molecule has 0 saturated heterocycles. The predicted molar refractivity (Wildman–Crippen MR) is 81.8 cm³/mol. The van der Waals surface area contributed by atoms with E-state index < -0.39 is 11.9 Å². The van der Waals surface area contributed by atoms with Crippen LogP contribution in [0.25, 0.3) is 0 Å². The summed E-state index contributed by atoms with van der Waals surface area (Å²) in [6.45, 7) is 0.403. The maximum atomic E-state index is 13.4. The molecule has 2 aromatic carbocycles. The topological polar surface area (TPSA) is 40.5 Å². The van der Waals surface area contributed by atoms with Gasteiger partial charge in [-0.3, -0.25) is 4.79 Å². The SMILES string of the molecule is O=C(c1ccccc1Br)N1CCC(O)c2cc(F)ccc21. The molecule has 5 heteroatoms. The highest BCUT2D eigenvalue weighted by Crippen LogP contribution is 2.35. The molecule has 0 bridgehead atoms. The summed E-state index contributed by atoms with van der Waals surface area (Å²) in [5.74, 6) is -0.578. The van der Waals surface area contributed by atoms with E-state index in [2.05, 4.69) is 15.9 Å². The van der Waals surface area contributed by atoms with Gasteiger partial charge in [-0.05, 0) is 52.7 Å². The van der Waals surface area contributed by atoms with Crippen LogP contribution in [-0.2, 0) is 0 Å². The van der Waals surface area contributed by atoms with Gasteiger partial charge in [0.15, 0.2) is 0 Å². The normalized spacial score (nSPS) is 17.5. The molecule has 2 aromatic rings. The highest BCUT2D eigenvalue weighted by molar-refractivity contribution is 9.10. The molecular formula is C16H13BrFNO2. The number of amides is 1. The second-order valence-corrected chi connectivity index (χ2v) is 5.80. The summed E-state index contributed by atoms with van der Waals surface area (Å²) in [7, 11) is 0. The molecule has 1 aliphatic rings. The Kier molecular flexibility index (Phi) is 3.78. The van der Waals surface area contributed by atoms with Crippen molar-refractivity contribution in [2.24, 2.45) is 0 Å². The van der Waals surface area contributed by atoms with Gasteiger partial charge in [0.2, 0.25) is 0 Å². The van der Waals surface area contributed by atoms with Gasteiger partial charge in [-0.2, -0.15) is 0 Å². The highest BCUT2D eigenvalue weighted by atomic mass is 79.9. The van der Waals surface area contributed by atoms with Crippen molar-refractivity contribution in [3.63, 3.8) is 0 Å². The zero-order valence-corrected chi connectivity index (χ0v) is 12.7. The summed E-state index contributed by atoms with van der Waals surface area (Å²) in [6.07, 6.45) is -0.342. The number of hydrogen-bond acceptors (Lipinski definition) is 2. The minimum atomic E-state index is -0.737. The zero-order chi connectivity index (χ0) is 15.0. The Bertz CT molecular complexity index is 704. The van der Waals surface area contributed by atoms with Crippen molar-refractivity contribution < 1.29 is 14.3 Å². The van der Waals surface area contributed by atoms with E-state index in [9.17, 15) is 14.3 Å². The molecule has 1 N–H and O–H groups in total. The average Bonchev–Trinajstić information content (AvgIpc) is 2.48. The first kappa shape index (κ1) is 14.2. The number of rotatable bonds is 1. The van der Waals surface area contributed by atoms with E-state index >= 15 is 0 Å². The van der Waals surface area contributed by atoms with Crippen molar-refractivity contribution in [2.45, 2.75) is 12.5 Å². The van der Waals surface area contributed by atoms with Crippen LogP contribution in [0.2, 0.25) is 0 Å². The maximum Gasteiger partial charge on any atom is 0.259 e. The van der Waals surface area contributed by atoms with E-state index in [1.54, 1.807) is 29.2 Å².